The predicted molar refractivity (Wildman–Crippen MR) is 130 cm³/mol. The molecule has 0 aliphatic heterocycles. The number of nitrogens with one attached hydrogen (secondary N) is 1. The van der Waals surface area contributed by atoms with Crippen molar-refractivity contribution in [2.24, 2.45) is 0 Å². The number of nitrogens with zero attached hydrogens (tertiary/aromatic N) is 2. The molecule has 33 heavy (non-hydrogen) atoms. The van der Waals surface area contributed by atoms with E-state index in [1.807, 2.05) is 31.2 Å². The van der Waals surface area contributed by atoms with Crippen LogP contribution < -0.4 is 14.4 Å². The second-order valence-corrected chi connectivity index (χ2v) is 9.95. The molecule has 1 atom stereocenters. The molecular formula is C23H30ClN3O5S. The molecule has 2 rings (SSSR count). The van der Waals surface area contributed by atoms with Gasteiger partial charge in [0, 0.05) is 18.1 Å². The Morgan fingerprint density at radius 2 is 1.85 bits per heavy atom. The van der Waals surface area contributed by atoms with E-state index < -0.39 is 28.5 Å². The Balaban J connectivity index is 2.47. The van der Waals surface area contributed by atoms with Crippen LogP contribution in [0, 0.1) is 6.92 Å². The van der Waals surface area contributed by atoms with Gasteiger partial charge in [-0.3, -0.25) is 13.9 Å². The number of methoxy groups -OCH3 is 1. The average Bonchev–Trinajstić information content (AvgIpc) is 2.75. The monoisotopic (exact) mass is 495 g/mol. The van der Waals surface area contributed by atoms with Crippen LogP contribution in [0.25, 0.3) is 0 Å². The van der Waals surface area contributed by atoms with E-state index in [4.69, 9.17) is 16.3 Å². The Morgan fingerprint density at radius 1 is 1.18 bits per heavy atom. The van der Waals surface area contributed by atoms with Gasteiger partial charge in [-0.1, -0.05) is 35.9 Å². The van der Waals surface area contributed by atoms with E-state index in [2.05, 4.69) is 5.32 Å². The van der Waals surface area contributed by atoms with E-state index in [9.17, 15) is 18.0 Å². The van der Waals surface area contributed by atoms with Crippen LogP contribution in [0.15, 0.2) is 42.5 Å². The number of carbonyl (C=O) groups excluding carboxylic acids is 2. The van der Waals surface area contributed by atoms with Gasteiger partial charge >= 0.3 is 0 Å². The number of anilines is 1. The number of benzene rings is 2. The van der Waals surface area contributed by atoms with Crippen LogP contribution >= 0.6 is 11.6 Å². The molecule has 2 amide bonds. The summed E-state index contributed by atoms with van der Waals surface area (Å²) in [6.45, 7) is 5.35. The van der Waals surface area contributed by atoms with Gasteiger partial charge in [0.25, 0.3) is 0 Å². The molecule has 0 aliphatic rings. The standard InChI is InChI=1S/C23H30ClN3O5S/c1-6-25-23(29)17(3)26(14-18-10-8-7-9-16(18)2)22(28)15-27(33(5,30)31)20-13-19(24)11-12-21(20)32-4/h7-13,17H,6,14-15H2,1-5H3,(H,25,29). The maximum atomic E-state index is 13.5. The van der Waals surface area contributed by atoms with E-state index in [-0.39, 0.29) is 23.9 Å². The number of rotatable bonds is 10. The number of hydrogen-bond acceptors (Lipinski definition) is 5. The number of carbonyl (C=O) groups is 2. The van der Waals surface area contributed by atoms with E-state index >= 15 is 0 Å². The lowest BCUT2D eigenvalue weighted by molar-refractivity contribution is -0.139. The number of amides is 2. The third-order valence-electron chi connectivity index (χ3n) is 5.21. The molecule has 0 saturated heterocycles. The van der Waals surface area contributed by atoms with E-state index in [1.165, 1.54) is 24.1 Å². The van der Waals surface area contributed by atoms with Crippen LogP contribution in [0.1, 0.15) is 25.0 Å². The first-order chi connectivity index (χ1) is 15.5. The molecule has 8 nitrogen and oxygen atoms in total. The summed E-state index contributed by atoms with van der Waals surface area (Å²) < 4.78 is 31.6. The molecule has 0 heterocycles. The Labute approximate surface area is 200 Å². The number of hydrogen-bond donors (Lipinski definition) is 1. The lowest BCUT2D eigenvalue weighted by atomic mass is 10.1. The fraction of sp³-hybridized carbons (Fsp3) is 0.391. The van der Waals surface area contributed by atoms with Gasteiger partial charge in [-0.15, -0.1) is 0 Å². The highest BCUT2D eigenvalue weighted by Crippen LogP contribution is 2.33. The van der Waals surface area contributed by atoms with Crippen LogP contribution in [0.5, 0.6) is 5.75 Å². The Morgan fingerprint density at radius 3 is 2.42 bits per heavy atom. The smallest absolute Gasteiger partial charge is 0.244 e. The highest BCUT2D eigenvalue weighted by molar-refractivity contribution is 7.92. The van der Waals surface area contributed by atoms with Gasteiger partial charge in [0.1, 0.15) is 18.3 Å². The Kier molecular flexibility index (Phi) is 9.13. The molecule has 0 aliphatic carbocycles. The molecule has 10 heteroatoms. The summed E-state index contributed by atoms with van der Waals surface area (Å²) in [5.41, 5.74) is 1.95. The summed E-state index contributed by atoms with van der Waals surface area (Å²) in [6, 6.07) is 11.2. The van der Waals surface area contributed by atoms with Crippen molar-refractivity contribution in [3.05, 3.63) is 58.6 Å². The lowest BCUT2D eigenvalue weighted by Crippen LogP contribution is -2.51. The molecule has 1 unspecified atom stereocenters. The molecule has 180 valence electrons. The third kappa shape index (κ3) is 6.85. The van der Waals surface area contributed by atoms with Crippen LogP contribution in [0.2, 0.25) is 5.02 Å². The van der Waals surface area contributed by atoms with Crippen molar-refractivity contribution in [2.45, 2.75) is 33.4 Å². The summed E-state index contributed by atoms with van der Waals surface area (Å²) >= 11 is 6.09. The molecule has 0 fully saturated rings. The zero-order valence-electron chi connectivity index (χ0n) is 19.5. The Bertz CT molecular complexity index is 1110. The minimum Gasteiger partial charge on any atom is -0.495 e. The summed E-state index contributed by atoms with van der Waals surface area (Å²) in [4.78, 5) is 27.5. The zero-order chi connectivity index (χ0) is 24.8. The first kappa shape index (κ1) is 26.5. The number of sulfonamides is 1. The van der Waals surface area contributed by atoms with Crippen LogP contribution in [-0.2, 0) is 26.2 Å². The van der Waals surface area contributed by atoms with Gasteiger partial charge in [0.2, 0.25) is 21.8 Å². The van der Waals surface area contributed by atoms with Crippen molar-refractivity contribution in [1.29, 1.82) is 0 Å². The normalized spacial score (nSPS) is 12.1. The topological polar surface area (TPSA) is 96.0 Å². The minimum absolute atomic E-state index is 0.141. The number of halogens is 1. The second kappa shape index (κ2) is 11.4. The minimum atomic E-state index is -3.89. The fourth-order valence-corrected chi connectivity index (χ4v) is 4.34. The van der Waals surface area contributed by atoms with Gasteiger partial charge in [-0.25, -0.2) is 8.42 Å². The summed E-state index contributed by atoms with van der Waals surface area (Å²) in [6.07, 6.45) is 1.000. The first-order valence-corrected chi connectivity index (χ1v) is 12.6. The summed E-state index contributed by atoms with van der Waals surface area (Å²) in [7, 11) is -2.49. The van der Waals surface area contributed by atoms with Gasteiger partial charge < -0.3 is 15.0 Å². The molecular weight excluding hydrogens is 466 g/mol. The lowest BCUT2D eigenvalue weighted by Gasteiger charge is -2.32. The van der Waals surface area contributed by atoms with Gasteiger partial charge in [0.05, 0.1) is 19.1 Å². The van der Waals surface area contributed by atoms with E-state index in [1.54, 1.807) is 19.9 Å². The number of aryl methyl sites for hydroxylation is 1. The molecule has 0 aromatic heterocycles. The number of likely N-dealkylation sites (N-methyl/N-ethyl adjacent to an activating group) is 1. The molecule has 2 aromatic rings. The molecule has 0 saturated carbocycles. The van der Waals surface area contributed by atoms with Crippen molar-refractivity contribution in [3.8, 4) is 5.75 Å². The average molecular weight is 496 g/mol. The number of ether oxygens (including phenoxy) is 1. The highest BCUT2D eigenvalue weighted by atomic mass is 35.5. The molecule has 0 bridgehead atoms. The van der Waals surface area contributed by atoms with E-state index in [0.717, 1.165) is 21.7 Å². The molecule has 2 aromatic carbocycles. The van der Waals surface area contributed by atoms with Crippen molar-refractivity contribution in [1.82, 2.24) is 10.2 Å². The van der Waals surface area contributed by atoms with Crippen LogP contribution in [-0.4, -0.2) is 57.6 Å². The van der Waals surface area contributed by atoms with Gasteiger partial charge in [0.15, 0.2) is 0 Å². The zero-order valence-corrected chi connectivity index (χ0v) is 21.0. The maximum Gasteiger partial charge on any atom is 0.244 e. The maximum absolute atomic E-state index is 13.5. The van der Waals surface area contributed by atoms with Crippen molar-refractivity contribution >= 4 is 39.1 Å². The van der Waals surface area contributed by atoms with Crippen LogP contribution in [0.4, 0.5) is 5.69 Å². The molecule has 0 radical (unpaired) electrons. The SMILES string of the molecule is CCNC(=O)C(C)N(Cc1ccccc1C)C(=O)CN(c1cc(Cl)ccc1OC)S(C)(=O)=O. The molecule has 0 spiro atoms. The first-order valence-electron chi connectivity index (χ1n) is 10.4. The Hall–Kier alpha value is -2.78. The predicted octanol–water partition coefficient (Wildman–Crippen LogP) is 2.98. The summed E-state index contributed by atoms with van der Waals surface area (Å²) in [5.74, 6) is -0.616. The van der Waals surface area contributed by atoms with Gasteiger partial charge in [-0.05, 0) is 50.1 Å². The van der Waals surface area contributed by atoms with Crippen LogP contribution in [0.3, 0.4) is 0 Å². The van der Waals surface area contributed by atoms with Crippen molar-refractivity contribution in [2.75, 3.05) is 30.8 Å². The highest BCUT2D eigenvalue weighted by Gasteiger charge is 2.31. The second-order valence-electron chi connectivity index (χ2n) is 7.60. The third-order valence-corrected chi connectivity index (χ3v) is 6.57. The quantitative estimate of drug-likeness (QED) is 0.546. The van der Waals surface area contributed by atoms with Gasteiger partial charge in [-0.2, -0.15) is 0 Å². The fourth-order valence-electron chi connectivity index (χ4n) is 3.33. The molecule has 1 N–H and O–H groups in total. The van der Waals surface area contributed by atoms with Crippen molar-refractivity contribution in [3.63, 3.8) is 0 Å². The largest absolute Gasteiger partial charge is 0.495 e. The van der Waals surface area contributed by atoms with E-state index in [0.29, 0.717) is 11.6 Å². The van der Waals surface area contributed by atoms with Crippen molar-refractivity contribution < 1.29 is 22.7 Å². The summed E-state index contributed by atoms with van der Waals surface area (Å²) in [5, 5.41) is 3.01.